The van der Waals surface area contributed by atoms with E-state index in [4.69, 9.17) is 0 Å². The van der Waals surface area contributed by atoms with Crippen LogP contribution in [0.1, 0.15) is 18.4 Å². The van der Waals surface area contributed by atoms with Crippen molar-refractivity contribution in [2.24, 2.45) is 5.92 Å². The van der Waals surface area contributed by atoms with Gasteiger partial charge in [-0.2, -0.15) is 0 Å². The normalized spacial score (nSPS) is 13.4. The van der Waals surface area contributed by atoms with E-state index in [2.05, 4.69) is 36.9 Å². The minimum absolute atomic E-state index is 0.536. The number of rotatable bonds is 7. The Hall–Kier alpha value is -0.863. The Morgan fingerprint density at radius 3 is 2.47 bits per heavy atom. The molecule has 0 amide bonds. The van der Waals surface area contributed by atoms with Gasteiger partial charge in [-0.3, -0.25) is 0 Å². The molecule has 1 rings (SSSR count). The fourth-order valence-electron chi connectivity index (χ4n) is 2.02. The molecule has 1 unspecified atom stereocenters. The molecule has 0 aliphatic rings. The molecule has 1 nitrogen and oxygen atoms in total. The van der Waals surface area contributed by atoms with E-state index in [1.807, 2.05) is 19.2 Å². The van der Waals surface area contributed by atoms with Gasteiger partial charge in [-0.1, -0.05) is 42.8 Å². The molecule has 1 N–H and O–H groups in total. The van der Waals surface area contributed by atoms with E-state index in [-0.39, 0.29) is 0 Å². The highest BCUT2D eigenvalue weighted by Crippen LogP contribution is 2.19. The van der Waals surface area contributed by atoms with Crippen molar-refractivity contribution in [1.82, 2.24) is 0 Å². The van der Waals surface area contributed by atoms with Crippen LogP contribution in [-0.4, -0.2) is 13.1 Å². The second-order valence-electron chi connectivity index (χ2n) is 5.39. The van der Waals surface area contributed by atoms with Gasteiger partial charge >= 0.3 is 0 Å². The molecule has 0 spiro atoms. The molecule has 1 aromatic rings. The van der Waals surface area contributed by atoms with E-state index in [0.29, 0.717) is 5.92 Å². The third kappa shape index (κ3) is 6.44. The van der Waals surface area contributed by atoms with Crippen LogP contribution in [0.4, 0.5) is 0 Å². The molecule has 0 saturated heterocycles. The number of benzene rings is 1. The zero-order valence-corrected chi connectivity index (χ0v) is 12.0. The van der Waals surface area contributed by atoms with Gasteiger partial charge in [0, 0.05) is 0 Å². The van der Waals surface area contributed by atoms with Gasteiger partial charge in [0.15, 0.2) is 8.32 Å². The van der Waals surface area contributed by atoms with Crippen LogP contribution in [0.5, 0.6) is 0 Å². The summed E-state index contributed by atoms with van der Waals surface area (Å²) in [7, 11) is -1.86. The van der Waals surface area contributed by atoms with E-state index in [1.165, 1.54) is 5.56 Å². The van der Waals surface area contributed by atoms with Crippen molar-refractivity contribution in [1.29, 1.82) is 0 Å². The van der Waals surface area contributed by atoms with Crippen molar-refractivity contribution >= 4 is 8.32 Å². The van der Waals surface area contributed by atoms with Crippen LogP contribution in [0.3, 0.4) is 0 Å². The van der Waals surface area contributed by atoms with E-state index in [9.17, 15) is 4.80 Å². The van der Waals surface area contributed by atoms with Crippen molar-refractivity contribution in [3.63, 3.8) is 0 Å². The molecule has 2 heteroatoms. The van der Waals surface area contributed by atoms with Crippen LogP contribution in [0.25, 0.3) is 0 Å². The molecular weight excluding hydrogens is 224 g/mol. The molecule has 17 heavy (non-hydrogen) atoms. The molecule has 0 fully saturated rings. The second kappa shape index (κ2) is 6.77. The topological polar surface area (TPSA) is 20.2 Å². The lowest BCUT2D eigenvalue weighted by atomic mass is 9.95. The van der Waals surface area contributed by atoms with Gasteiger partial charge in [-0.05, 0) is 43.5 Å². The Labute approximate surface area is 106 Å². The maximum atomic E-state index is 9.81. The minimum atomic E-state index is -1.86. The fraction of sp³-hybridized carbons (Fsp3) is 0.467. The molecule has 0 radical (unpaired) electrons. The first-order valence-corrected chi connectivity index (χ1v) is 9.55. The van der Waals surface area contributed by atoms with Crippen LogP contribution >= 0.6 is 0 Å². The zero-order chi connectivity index (χ0) is 12.7. The van der Waals surface area contributed by atoms with E-state index < -0.39 is 8.32 Å². The predicted octanol–water partition coefficient (Wildman–Crippen LogP) is 4.01. The molecule has 0 saturated carbocycles. The highest BCUT2D eigenvalue weighted by Gasteiger charge is 2.16. The van der Waals surface area contributed by atoms with Crippen LogP contribution < -0.4 is 0 Å². The maximum Gasteiger partial charge on any atom is 0.182 e. The number of hydrogen-bond acceptors (Lipinski definition) is 1. The first-order chi connectivity index (χ1) is 8.01. The Morgan fingerprint density at radius 1 is 1.29 bits per heavy atom. The van der Waals surface area contributed by atoms with Crippen LogP contribution in [0.15, 0.2) is 43.0 Å². The van der Waals surface area contributed by atoms with Gasteiger partial charge in [-0.25, -0.2) is 0 Å². The van der Waals surface area contributed by atoms with Gasteiger partial charge in [0.2, 0.25) is 0 Å². The Morgan fingerprint density at radius 2 is 1.94 bits per heavy atom. The molecule has 0 aromatic heterocycles. The van der Waals surface area contributed by atoms with Gasteiger partial charge in [0.05, 0.1) is 0 Å². The van der Waals surface area contributed by atoms with Crippen molar-refractivity contribution in [2.45, 2.75) is 38.4 Å². The van der Waals surface area contributed by atoms with Crippen molar-refractivity contribution in [3.8, 4) is 0 Å². The van der Waals surface area contributed by atoms with Gasteiger partial charge in [0.25, 0.3) is 0 Å². The fourth-order valence-corrected chi connectivity index (χ4v) is 3.09. The first kappa shape index (κ1) is 14.2. The van der Waals surface area contributed by atoms with Crippen LogP contribution in [0.2, 0.25) is 19.1 Å². The summed E-state index contributed by atoms with van der Waals surface area (Å²) in [6.45, 7) is 7.94. The molecule has 0 bridgehead atoms. The summed E-state index contributed by atoms with van der Waals surface area (Å²) < 4.78 is 0. The van der Waals surface area contributed by atoms with Gasteiger partial charge < -0.3 is 4.80 Å². The SMILES string of the molecule is C=CC(CCC[Si](C)(C)O)Cc1ccccc1. The standard InChI is InChI=1S/C15H24OSi/c1-4-14(11-8-12-17(2,3)16)13-15-9-6-5-7-10-15/h4-7,9-10,14,16H,1,8,11-13H2,2-3H3. The molecule has 94 valence electrons. The Balaban J connectivity index is 2.37. The molecule has 0 aliphatic heterocycles. The van der Waals surface area contributed by atoms with Crippen molar-refractivity contribution in [3.05, 3.63) is 48.6 Å². The summed E-state index contributed by atoms with van der Waals surface area (Å²) in [6.07, 6.45) is 5.37. The van der Waals surface area contributed by atoms with Crippen molar-refractivity contribution < 1.29 is 4.80 Å². The molecule has 0 aliphatic carbocycles. The lowest BCUT2D eigenvalue weighted by molar-refractivity contribution is 0.523. The maximum absolute atomic E-state index is 9.81. The summed E-state index contributed by atoms with van der Waals surface area (Å²) in [6, 6.07) is 11.5. The van der Waals surface area contributed by atoms with E-state index in [1.54, 1.807) is 0 Å². The third-order valence-electron chi connectivity index (χ3n) is 3.04. The Bertz CT molecular complexity index is 327. The van der Waals surface area contributed by atoms with E-state index in [0.717, 1.165) is 25.3 Å². The first-order valence-electron chi connectivity index (χ1n) is 6.40. The van der Waals surface area contributed by atoms with Crippen molar-refractivity contribution in [2.75, 3.05) is 0 Å². The average Bonchev–Trinajstić information content (AvgIpc) is 2.27. The lowest BCUT2D eigenvalue weighted by Gasteiger charge is -2.16. The van der Waals surface area contributed by atoms with Crippen LogP contribution in [0, 0.1) is 5.92 Å². The second-order valence-corrected chi connectivity index (χ2v) is 9.52. The Kier molecular flexibility index (Phi) is 5.66. The highest BCUT2D eigenvalue weighted by atomic mass is 28.4. The smallest absolute Gasteiger partial charge is 0.182 e. The minimum Gasteiger partial charge on any atom is -0.432 e. The summed E-state index contributed by atoms with van der Waals surface area (Å²) in [5.41, 5.74) is 1.37. The van der Waals surface area contributed by atoms with Gasteiger partial charge in [0.1, 0.15) is 0 Å². The summed E-state index contributed by atoms with van der Waals surface area (Å²) in [5, 5.41) is 0. The summed E-state index contributed by atoms with van der Waals surface area (Å²) >= 11 is 0. The van der Waals surface area contributed by atoms with Gasteiger partial charge in [-0.15, -0.1) is 6.58 Å². The molecule has 0 heterocycles. The molecular formula is C15H24OSi. The summed E-state index contributed by atoms with van der Waals surface area (Å²) in [5.74, 6) is 0.536. The largest absolute Gasteiger partial charge is 0.432 e. The quantitative estimate of drug-likeness (QED) is 0.571. The highest BCUT2D eigenvalue weighted by molar-refractivity contribution is 6.69. The number of allylic oxidation sites excluding steroid dienone is 1. The number of hydrogen-bond donors (Lipinski definition) is 1. The monoisotopic (exact) mass is 248 g/mol. The molecule has 1 atom stereocenters. The van der Waals surface area contributed by atoms with E-state index >= 15 is 0 Å². The van der Waals surface area contributed by atoms with Crippen LogP contribution in [-0.2, 0) is 6.42 Å². The molecule has 1 aromatic carbocycles. The summed E-state index contributed by atoms with van der Waals surface area (Å²) in [4.78, 5) is 9.81. The predicted molar refractivity (Wildman–Crippen MR) is 77.6 cm³/mol. The average molecular weight is 248 g/mol. The third-order valence-corrected chi connectivity index (χ3v) is 4.61. The zero-order valence-electron chi connectivity index (χ0n) is 11.0. The lowest BCUT2D eigenvalue weighted by Crippen LogP contribution is -2.24.